The van der Waals surface area contributed by atoms with E-state index in [9.17, 15) is 14.7 Å². The highest BCUT2D eigenvalue weighted by Crippen LogP contribution is 2.15. The average Bonchev–Trinajstić information content (AvgIpc) is 2.95. The maximum absolute atomic E-state index is 11.9. The molecular weight excluding hydrogens is 512 g/mol. The van der Waals surface area contributed by atoms with Crippen LogP contribution in [-0.4, -0.2) is 36.4 Å². The second-order valence-electron chi connectivity index (χ2n) is 12.8. The number of unbranched alkanes of at least 4 members (excludes halogenated alkanes) is 22. The molecule has 0 fully saturated rings. The highest BCUT2D eigenvalue weighted by molar-refractivity contribution is 5.69. The molecule has 0 amide bonds. The van der Waals surface area contributed by atoms with E-state index in [0.717, 1.165) is 31.6 Å². The van der Waals surface area contributed by atoms with Gasteiger partial charge in [0, 0.05) is 12.8 Å². The molecule has 0 aliphatic carbocycles. The zero-order valence-corrected chi connectivity index (χ0v) is 27.7. The van der Waals surface area contributed by atoms with Crippen molar-refractivity contribution in [2.75, 3.05) is 13.2 Å². The molecule has 0 aromatic heterocycles. The fraction of sp³-hybridized carbons (Fsp3) is 0.944. The highest BCUT2D eigenvalue weighted by atomic mass is 16.6. The summed E-state index contributed by atoms with van der Waals surface area (Å²) >= 11 is 0. The molecule has 1 atom stereocenters. The van der Waals surface area contributed by atoms with Crippen molar-refractivity contribution in [1.29, 1.82) is 0 Å². The molecule has 5 nitrogen and oxygen atoms in total. The van der Waals surface area contributed by atoms with E-state index in [1.54, 1.807) is 0 Å². The number of aliphatic hydroxyl groups excluding tert-OH is 1. The molecule has 41 heavy (non-hydrogen) atoms. The van der Waals surface area contributed by atoms with Crippen molar-refractivity contribution < 1.29 is 24.2 Å². The van der Waals surface area contributed by atoms with Crippen molar-refractivity contribution in [2.24, 2.45) is 5.92 Å². The van der Waals surface area contributed by atoms with Crippen LogP contribution in [0.4, 0.5) is 0 Å². The Balaban J connectivity index is 3.38. The minimum absolute atomic E-state index is 0.109. The zero-order chi connectivity index (χ0) is 30.2. The largest absolute Gasteiger partial charge is 0.463 e. The molecule has 0 spiro atoms. The number of hydrogen-bond donors (Lipinski definition) is 1. The van der Waals surface area contributed by atoms with Gasteiger partial charge in [0.2, 0.25) is 0 Å². The Hall–Kier alpha value is -1.10. The average molecular weight is 583 g/mol. The summed E-state index contributed by atoms with van der Waals surface area (Å²) in [4.78, 5) is 23.8. The number of esters is 2. The quantitative estimate of drug-likeness (QED) is 0.0631. The van der Waals surface area contributed by atoms with Crippen molar-refractivity contribution in [3.63, 3.8) is 0 Å². The van der Waals surface area contributed by atoms with Crippen LogP contribution in [0.1, 0.15) is 194 Å². The van der Waals surface area contributed by atoms with Crippen LogP contribution in [0.15, 0.2) is 0 Å². The Kier molecular flexibility index (Phi) is 31.0. The maximum Gasteiger partial charge on any atom is 0.305 e. The summed E-state index contributed by atoms with van der Waals surface area (Å²) in [7, 11) is 0. The minimum atomic E-state index is -0.953. The first-order valence-corrected chi connectivity index (χ1v) is 17.9. The summed E-state index contributed by atoms with van der Waals surface area (Å²) in [6, 6.07) is 0. The second kappa shape index (κ2) is 31.8. The standard InChI is InChI=1S/C36H70O5/c1-4-5-6-7-8-9-17-20-23-26-29-35(38)40-31-34(37)32-41-36(39)30-27-24-21-18-15-13-11-10-12-14-16-19-22-25-28-33(2)3/h33-34,37H,4-32H2,1-3H3/t34-/m0/s1. The van der Waals surface area contributed by atoms with Gasteiger partial charge in [-0.15, -0.1) is 0 Å². The van der Waals surface area contributed by atoms with E-state index in [1.165, 1.54) is 135 Å². The summed E-state index contributed by atoms with van der Waals surface area (Å²) in [5.74, 6) is 0.296. The van der Waals surface area contributed by atoms with Gasteiger partial charge < -0.3 is 14.6 Å². The van der Waals surface area contributed by atoms with E-state index in [4.69, 9.17) is 9.47 Å². The van der Waals surface area contributed by atoms with Crippen LogP contribution < -0.4 is 0 Å². The zero-order valence-electron chi connectivity index (χ0n) is 27.7. The van der Waals surface area contributed by atoms with Crippen molar-refractivity contribution in [3.8, 4) is 0 Å². The molecule has 0 saturated carbocycles. The third-order valence-corrected chi connectivity index (χ3v) is 8.02. The molecule has 5 heteroatoms. The predicted molar refractivity (Wildman–Crippen MR) is 173 cm³/mol. The number of carbonyl (C=O) groups is 2. The van der Waals surface area contributed by atoms with E-state index in [-0.39, 0.29) is 25.2 Å². The van der Waals surface area contributed by atoms with E-state index in [1.807, 2.05) is 0 Å². The Morgan fingerprint density at radius 1 is 0.488 bits per heavy atom. The van der Waals surface area contributed by atoms with E-state index in [2.05, 4.69) is 20.8 Å². The van der Waals surface area contributed by atoms with Gasteiger partial charge in [0.05, 0.1) is 0 Å². The van der Waals surface area contributed by atoms with Gasteiger partial charge in [-0.2, -0.15) is 0 Å². The van der Waals surface area contributed by atoms with Gasteiger partial charge in [-0.1, -0.05) is 168 Å². The van der Waals surface area contributed by atoms with Crippen molar-refractivity contribution in [2.45, 2.75) is 200 Å². The molecule has 1 N–H and O–H groups in total. The first-order chi connectivity index (χ1) is 20.0. The molecule has 0 aliphatic heterocycles. The number of hydrogen-bond acceptors (Lipinski definition) is 5. The first-order valence-electron chi connectivity index (χ1n) is 17.9. The normalized spacial score (nSPS) is 12.1. The lowest BCUT2D eigenvalue weighted by molar-refractivity contribution is -0.152. The van der Waals surface area contributed by atoms with Gasteiger partial charge in [-0.05, 0) is 18.8 Å². The molecule has 0 unspecified atom stereocenters. The van der Waals surface area contributed by atoms with Crippen molar-refractivity contribution in [1.82, 2.24) is 0 Å². The summed E-state index contributed by atoms with van der Waals surface area (Å²) in [5, 5.41) is 9.96. The van der Waals surface area contributed by atoms with Crippen LogP contribution in [0.2, 0.25) is 0 Å². The SMILES string of the molecule is CCCCCCCCCCCCC(=O)OC[C@H](O)COC(=O)CCCCCCCCCCCCCCCCC(C)C. The molecule has 0 heterocycles. The van der Waals surface area contributed by atoms with Crippen LogP contribution in [0.5, 0.6) is 0 Å². The van der Waals surface area contributed by atoms with E-state index in [0.29, 0.717) is 12.8 Å². The van der Waals surface area contributed by atoms with Crippen LogP contribution in [0, 0.1) is 5.92 Å². The predicted octanol–water partition coefficient (Wildman–Crippen LogP) is 10.6. The summed E-state index contributed by atoms with van der Waals surface area (Å²) in [6.45, 7) is 6.65. The van der Waals surface area contributed by atoms with Crippen LogP contribution >= 0.6 is 0 Å². The monoisotopic (exact) mass is 583 g/mol. The van der Waals surface area contributed by atoms with Crippen LogP contribution in [0.25, 0.3) is 0 Å². The Bertz CT molecular complexity index is 562. The third kappa shape index (κ3) is 33.3. The smallest absolute Gasteiger partial charge is 0.305 e. The van der Waals surface area contributed by atoms with Gasteiger partial charge in [0.25, 0.3) is 0 Å². The summed E-state index contributed by atoms with van der Waals surface area (Å²) in [5.41, 5.74) is 0. The molecule has 0 aromatic carbocycles. The molecule has 0 rings (SSSR count). The van der Waals surface area contributed by atoms with Gasteiger partial charge in [-0.3, -0.25) is 9.59 Å². The molecule has 0 aromatic rings. The fourth-order valence-electron chi connectivity index (χ4n) is 5.27. The summed E-state index contributed by atoms with van der Waals surface area (Å²) < 4.78 is 10.3. The summed E-state index contributed by atoms with van der Waals surface area (Å²) in [6.07, 6.45) is 31.5. The third-order valence-electron chi connectivity index (χ3n) is 8.02. The van der Waals surface area contributed by atoms with E-state index < -0.39 is 6.10 Å². The second-order valence-corrected chi connectivity index (χ2v) is 12.8. The maximum atomic E-state index is 11.9. The van der Waals surface area contributed by atoms with Gasteiger partial charge in [0.1, 0.15) is 19.3 Å². The number of ether oxygens (including phenoxy) is 2. The molecule has 0 saturated heterocycles. The van der Waals surface area contributed by atoms with Crippen LogP contribution in [-0.2, 0) is 19.1 Å². The van der Waals surface area contributed by atoms with Gasteiger partial charge in [-0.25, -0.2) is 0 Å². The Morgan fingerprint density at radius 2 is 0.780 bits per heavy atom. The lowest BCUT2D eigenvalue weighted by atomic mass is 10.0. The van der Waals surface area contributed by atoms with Gasteiger partial charge in [0.15, 0.2) is 0 Å². The molecule has 0 bridgehead atoms. The molecular formula is C36H70O5. The lowest BCUT2D eigenvalue weighted by Crippen LogP contribution is -2.25. The fourth-order valence-corrected chi connectivity index (χ4v) is 5.27. The van der Waals surface area contributed by atoms with Crippen molar-refractivity contribution >= 4 is 11.9 Å². The van der Waals surface area contributed by atoms with Crippen LogP contribution in [0.3, 0.4) is 0 Å². The lowest BCUT2D eigenvalue weighted by Gasteiger charge is -2.12. The Labute approximate surface area is 255 Å². The Morgan fingerprint density at radius 3 is 1.10 bits per heavy atom. The molecule has 244 valence electrons. The number of rotatable bonds is 32. The van der Waals surface area contributed by atoms with Crippen molar-refractivity contribution in [3.05, 3.63) is 0 Å². The highest BCUT2D eigenvalue weighted by Gasteiger charge is 2.12. The molecule has 0 aliphatic rings. The molecule has 0 radical (unpaired) electrons. The number of aliphatic hydroxyl groups is 1. The topological polar surface area (TPSA) is 72.8 Å². The van der Waals surface area contributed by atoms with E-state index >= 15 is 0 Å². The number of carbonyl (C=O) groups excluding carboxylic acids is 2. The minimum Gasteiger partial charge on any atom is -0.463 e. The van der Waals surface area contributed by atoms with Gasteiger partial charge >= 0.3 is 11.9 Å². The first kappa shape index (κ1) is 39.9.